The Morgan fingerprint density at radius 1 is 1.18 bits per heavy atom. The minimum Gasteiger partial charge on any atom is -0.493 e. The van der Waals surface area contributed by atoms with E-state index in [1.807, 2.05) is 13.0 Å². The van der Waals surface area contributed by atoms with Gasteiger partial charge in [0.25, 0.3) is 0 Å². The largest absolute Gasteiger partial charge is 0.493 e. The number of ether oxygens (including phenoxy) is 2. The van der Waals surface area contributed by atoms with Gasteiger partial charge in [0.1, 0.15) is 5.75 Å². The van der Waals surface area contributed by atoms with Crippen LogP contribution in [-0.2, 0) is 16.1 Å². The Hall–Kier alpha value is -2.28. The van der Waals surface area contributed by atoms with E-state index in [2.05, 4.69) is 53.8 Å². The van der Waals surface area contributed by atoms with Gasteiger partial charge in [0.15, 0.2) is 5.96 Å². The Labute approximate surface area is 169 Å². The predicted octanol–water partition coefficient (Wildman–Crippen LogP) is 2.24. The number of carbonyl (C=O) groups is 1. The fraction of sp³-hybridized carbons (Fsp3) is 0.619. The maximum Gasteiger partial charge on any atom is 0.239 e. The average Bonchev–Trinajstić information content (AvgIpc) is 2.65. The molecule has 0 fully saturated rings. The number of hydrogen-bond acceptors (Lipinski definition) is 4. The normalized spacial score (nSPS) is 11.4. The third-order valence-electron chi connectivity index (χ3n) is 3.97. The molecule has 0 atom stereocenters. The van der Waals surface area contributed by atoms with E-state index in [4.69, 9.17) is 9.47 Å². The van der Waals surface area contributed by atoms with Gasteiger partial charge in [0, 0.05) is 25.8 Å². The molecule has 1 amide bonds. The summed E-state index contributed by atoms with van der Waals surface area (Å²) in [5.41, 5.74) is 2.18. The highest BCUT2D eigenvalue weighted by molar-refractivity contribution is 5.86. The second-order valence-corrected chi connectivity index (χ2v) is 7.03. The van der Waals surface area contributed by atoms with Crippen molar-refractivity contribution in [2.24, 2.45) is 10.9 Å². The highest BCUT2D eigenvalue weighted by atomic mass is 16.5. The van der Waals surface area contributed by atoms with Crippen molar-refractivity contribution >= 4 is 11.9 Å². The zero-order chi connectivity index (χ0) is 20.8. The number of aliphatic imine (C=N–C) groups is 1. The van der Waals surface area contributed by atoms with Crippen LogP contribution in [0.2, 0.25) is 0 Å². The number of amides is 1. The molecule has 1 rings (SSSR count). The third-order valence-corrected chi connectivity index (χ3v) is 3.97. The van der Waals surface area contributed by atoms with E-state index in [-0.39, 0.29) is 12.5 Å². The van der Waals surface area contributed by atoms with E-state index < -0.39 is 0 Å². The van der Waals surface area contributed by atoms with Gasteiger partial charge in [-0.1, -0.05) is 26.0 Å². The number of hydrogen-bond donors (Lipinski definition) is 3. The zero-order valence-corrected chi connectivity index (χ0v) is 17.9. The number of aryl methyl sites for hydroxylation is 1. The Kier molecular flexibility index (Phi) is 11.7. The highest BCUT2D eigenvalue weighted by Gasteiger charge is 2.07. The molecule has 0 bridgehead atoms. The fourth-order valence-corrected chi connectivity index (χ4v) is 2.36. The van der Waals surface area contributed by atoms with E-state index >= 15 is 0 Å². The van der Waals surface area contributed by atoms with E-state index in [1.54, 1.807) is 7.11 Å². The number of rotatable bonds is 12. The lowest BCUT2D eigenvalue weighted by molar-refractivity contribution is -0.120. The van der Waals surface area contributed by atoms with Crippen LogP contribution in [0.15, 0.2) is 23.2 Å². The summed E-state index contributed by atoms with van der Waals surface area (Å²) in [5.74, 6) is 1.97. The molecular weight excluding hydrogens is 356 g/mol. The maximum absolute atomic E-state index is 11.8. The van der Waals surface area contributed by atoms with Crippen LogP contribution in [0.1, 0.15) is 38.3 Å². The molecule has 0 aromatic heterocycles. The number of nitrogens with zero attached hydrogens (tertiary/aromatic N) is 1. The van der Waals surface area contributed by atoms with Crippen molar-refractivity contribution in [3.63, 3.8) is 0 Å². The summed E-state index contributed by atoms with van der Waals surface area (Å²) >= 11 is 0. The minimum absolute atomic E-state index is 0.101. The minimum atomic E-state index is -0.101. The van der Waals surface area contributed by atoms with Gasteiger partial charge in [-0.3, -0.25) is 4.79 Å². The number of benzene rings is 1. The van der Waals surface area contributed by atoms with Crippen LogP contribution in [0.3, 0.4) is 0 Å². The molecule has 0 saturated carbocycles. The quantitative estimate of drug-likeness (QED) is 0.289. The van der Waals surface area contributed by atoms with Crippen LogP contribution < -0.4 is 20.7 Å². The van der Waals surface area contributed by atoms with Gasteiger partial charge in [0.2, 0.25) is 5.91 Å². The molecule has 28 heavy (non-hydrogen) atoms. The lowest BCUT2D eigenvalue weighted by atomic mass is 10.1. The van der Waals surface area contributed by atoms with Crippen LogP contribution >= 0.6 is 0 Å². The Balaban J connectivity index is 2.68. The van der Waals surface area contributed by atoms with Crippen LogP contribution in [0.25, 0.3) is 0 Å². The van der Waals surface area contributed by atoms with Gasteiger partial charge in [-0.15, -0.1) is 0 Å². The molecular formula is C21H36N4O3. The molecule has 158 valence electrons. The second-order valence-electron chi connectivity index (χ2n) is 7.03. The number of nitrogens with one attached hydrogen (secondary N) is 3. The van der Waals surface area contributed by atoms with Gasteiger partial charge >= 0.3 is 0 Å². The van der Waals surface area contributed by atoms with Crippen LogP contribution in [0.5, 0.6) is 5.75 Å². The van der Waals surface area contributed by atoms with Crippen LogP contribution in [0, 0.1) is 12.8 Å². The average molecular weight is 393 g/mol. The summed E-state index contributed by atoms with van der Waals surface area (Å²) < 4.78 is 10.9. The van der Waals surface area contributed by atoms with Crippen LogP contribution in [-0.4, -0.2) is 51.8 Å². The van der Waals surface area contributed by atoms with Gasteiger partial charge in [-0.2, -0.15) is 0 Å². The first-order valence-electron chi connectivity index (χ1n) is 9.96. The summed E-state index contributed by atoms with van der Waals surface area (Å²) in [6.07, 6.45) is 1.01. The molecule has 0 radical (unpaired) electrons. The van der Waals surface area contributed by atoms with Crippen molar-refractivity contribution in [1.29, 1.82) is 0 Å². The monoisotopic (exact) mass is 392 g/mol. The third kappa shape index (κ3) is 10.2. The molecule has 0 spiro atoms. The van der Waals surface area contributed by atoms with Crippen molar-refractivity contribution in [2.75, 3.05) is 40.0 Å². The molecule has 1 aromatic carbocycles. The smallest absolute Gasteiger partial charge is 0.239 e. The van der Waals surface area contributed by atoms with E-state index in [0.29, 0.717) is 44.7 Å². The summed E-state index contributed by atoms with van der Waals surface area (Å²) in [5, 5.41) is 8.98. The van der Waals surface area contributed by atoms with Crippen molar-refractivity contribution in [2.45, 2.75) is 40.7 Å². The molecule has 0 unspecified atom stereocenters. The molecule has 1 aromatic rings. The topological polar surface area (TPSA) is 84.0 Å². The Morgan fingerprint density at radius 2 is 1.96 bits per heavy atom. The Morgan fingerprint density at radius 3 is 2.64 bits per heavy atom. The van der Waals surface area contributed by atoms with E-state index in [9.17, 15) is 4.79 Å². The van der Waals surface area contributed by atoms with Crippen molar-refractivity contribution < 1.29 is 14.3 Å². The molecule has 0 aliphatic heterocycles. The second kappa shape index (κ2) is 13.8. The standard InChI is InChI=1S/C21H36N4O3/c1-6-22-21(25-15-20(26)23-10-12-27-5)24-14-18-8-7-17(4)13-19(18)28-11-9-16(2)3/h7-8,13,16H,6,9-12,14-15H2,1-5H3,(H,23,26)(H2,22,24,25). The first-order valence-corrected chi connectivity index (χ1v) is 9.96. The predicted molar refractivity (Wildman–Crippen MR) is 114 cm³/mol. The SMILES string of the molecule is CCNC(=NCc1ccc(C)cc1OCCC(C)C)NCC(=O)NCCOC. The summed E-state index contributed by atoms with van der Waals surface area (Å²) in [4.78, 5) is 16.4. The zero-order valence-electron chi connectivity index (χ0n) is 17.9. The Bertz CT molecular complexity index is 618. The van der Waals surface area contributed by atoms with Crippen LogP contribution in [0.4, 0.5) is 0 Å². The van der Waals surface area contributed by atoms with Gasteiger partial charge in [-0.05, 0) is 37.8 Å². The lowest BCUT2D eigenvalue weighted by Gasteiger charge is -2.14. The molecule has 0 aliphatic carbocycles. The fourth-order valence-electron chi connectivity index (χ4n) is 2.36. The molecule has 7 nitrogen and oxygen atoms in total. The summed E-state index contributed by atoms with van der Waals surface area (Å²) in [7, 11) is 1.60. The van der Waals surface area contributed by atoms with E-state index in [0.717, 1.165) is 23.3 Å². The molecule has 3 N–H and O–H groups in total. The van der Waals surface area contributed by atoms with Crippen molar-refractivity contribution in [3.05, 3.63) is 29.3 Å². The molecule has 0 saturated heterocycles. The first-order chi connectivity index (χ1) is 13.5. The number of methoxy groups -OCH3 is 1. The number of guanidine groups is 1. The number of carbonyl (C=O) groups excluding carboxylic acids is 1. The van der Waals surface area contributed by atoms with Gasteiger partial charge < -0.3 is 25.4 Å². The maximum atomic E-state index is 11.8. The lowest BCUT2D eigenvalue weighted by Crippen LogP contribution is -2.43. The van der Waals surface area contributed by atoms with Crippen molar-refractivity contribution in [3.8, 4) is 5.75 Å². The molecule has 0 aliphatic rings. The molecule has 7 heteroatoms. The van der Waals surface area contributed by atoms with Crippen molar-refractivity contribution in [1.82, 2.24) is 16.0 Å². The summed E-state index contributed by atoms with van der Waals surface area (Å²) in [6, 6.07) is 6.16. The van der Waals surface area contributed by atoms with Gasteiger partial charge in [-0.25, -0.2) is 4.99 Å². The van der Waals surface area contributed by atoms with E-state index in [1.165, 1.54) is 0 Å². The molecule has 0 heterocycles. The highest BCUT2D eigenvalue weighted by Crippen LogP contribution is 2.22. The van der Waals surface area contributed by atoms with Gasteiger partial charge in [0.05, 0.1) is 26.3 Å². The summed E-state index contributed by atoms with van der Waals surface area (Å²) in [6.45, 7) is 11.4. The first kappa shape index (κ1) is 23.8.